The highest BCUT2D eigenvalue weighted by Gasteiger charge is 2.27. The molecule has 1 aromatic heterocycles. The second-order valence-electron chi connectivity index (χ2n) is 5.00. The summed E-state index contributed by atoms with van der Waals surface area (Å²) in [7, 11) is 4.12. The summed E-state index contributed by atoms with van der Waals surface area (Å²) >= 11 is 0. The number of likely N-dealkylation sites (N-methyl/N-ethyl adjacent to an activating group) is 1. The summed E-state index contributed by atoms with van der Waals surface area (Å²) in [6, 6.07) is 2.35. The van der Waals surface area contributed by atoms with E-state index in [1.54, 1.807) is 0 Å². The average molecular weight is 249 g/mol. The Morgan fingerprint density at radius 2 is 2.28 bits per heavy atom. The lowest BCUT2D eigenvalue weighted by Crippen LogP contribution is -2.32. The van der Waals surface area contributed by atoms with Crippen LogP contribution in [0.2, 0.25) is 0 Å². The molecule has 0 saturated carbocycles. The summed E-state index contributed by atoms with van der Waals surface area (Å²) < 4.78 is 0. The molecule has 5 heteroatoms. The van der Waals surface area contributed by atoms with Crippen molar-refractivity contribution in [2.45, 2.75) is 19.4 Å². The molecule has 0 aromatic carbocycles. The van der Waals surface area contributed by atoms with Crippen molar-refractivity contribution < 1.29 is 9.90 Å². The van der Waals surface area contributed by atoms with E-state index in [1.807, 2.05) is 13.0 Å². The van der Waals surface area contributed by atoms with Crippen LogP contribution in [0.5, 0.6) is 0 Å². The standard InChI is InChI=1S/C13H19N3O2/c1-9-6-12(11(7-14-9)13(17)18)16-5-4-10(8-16)15(2)3/h6-7,10H,4-5,8H2,1-3H3,(H,17,18). The zero-order valence-corrected chi connectivity index (χ0v) is 11.1. The second-order valence-corrected chi connectivity index (χ2v) is 5.00. The van der Waals surface area contributed by atoms with Gasteiger partial charge in [0.1, 0.15) is 5.56 Å². The Hall–Kier alpha value is -1.62. The Kier molecular flexibility index (Phi) is 3.52. The molecule has 1 atom stereocenters. The maximum atomic E-state index is 11.2. The molecule has 0 spiro atoms. The first-order valence-corrected chi connectivity index (χ1v) is 6.10. The molecule has 1 saturated heterocycles. The van der Waals surface area contributed by atoms with Gasteiger partial charge in [0.05, 0.1) is 5.69 Å². The summed E-state index contributed by atoms with van der Waals surface area (Å²) in [4.78, 5) is 19.6. The van der Waals surface area contributed by atoms with Crippen LogP contribution >= 0.6 is 0 Å². The number of carbonyl (C=O) groups is 1. The minimum absolute atomic E-state index is 0.292. The van der Waals surface area contributed by atoms with E-state index in [0.29, 0.717) is 11.6 Å². The van der Waals surface area contributed by atoms with E-state index in [1.165, 1.54) is 6.20 Å². The number of aryl methyl sites for hydroxylation is 1. The number of hydrogen-bond donors (Lipinski definition) is 1. The Morgan fingerprint density at radius 3 is 2.83 bits per heavy atom. The summed E-state index contributed by atoms with van der Waals surface area (Å²) in [5.41, 5.74) is 1.93. The second kappa shape index (κ2) is 4.94. The third-order valence-corrected chi connectivity index (χ3v) is 3.48. The van der Waals surface area contributed by atoms with E-state index >= 15 is 0 Å². The first kappa shape index (κ1) is 12.8. The quantitative estimate of drug-likeness (QED) is 0.873. The van der Waals surface area contributed by atoms with Crippen molar-refractivity contribution in [3.63, 3.8) is 0 Å². The smallest absolute Gasteiger partial charge is 0.339 e. The Balaban J connectivity index is 2.28. The first-order chi connectivity index (χ1) is 8.49. The topological polar surface area (TPSA) is 56.7 Å². The fraction of sp³-hybridized carbons (Fsp3) is 0.538. The van der Waals surface area contributed by atoms with Gasteiger partial charge in [-0.1, -0.05) is 0 Å². The number of pyridine rings is 1. The number of carboxylic acids is 1. The van der Waals surface area contributed by atoms with E-state index in [9.17, 15) is 9.90 Å². The van der Waals surface area contributed by atoms with Crippen LogP contribution in [0.25, 0.3) is 0 Å². The minimum Gasteiger partial charge on any atom is -0.478 e. The van der Waals surface area contributed by atoms with Crippen molar-refractivity contribution in [2.75, 3.05) is 32.1 Å². The third kappa shape index (κ3) is 2.46. The number of carboxylic acid groups (broad SMARTS) is 1. The van der Waals surface area contributed by atoms with Gasteiger partial charge in [0.15, 0.2) is 0 Å². The van der Waals surface area contributed by atoms with Crippen LogP contribution in [0.1, 0.15) is 22.5 Å². The SMILES string of the molecule is Cc1cc(N2CCC(N(C)C)C2)c(C(=O)O)cn1. The van der Waals surface area contributed by atoms with Crippen LogP contribution in [0.4, 0.5) is 5.69 Å². The van der Waals surface area contributed by atoms with Crippen LogP contribution < -0.4 is 4.90 Å². The largest absolute Gasteiger partial charge is 0.478 e. The van der Waals surface area contributed by atoms with Crippen molar-refractivity contribution in [3.05, 3.63) is 23.5 Å². The highest BCUT2D eigenvalue weighted by molar-refractivity contribution is 5.94. The molecule has 0 aliphatic carbocycles. The number of rotatable bonds is 3. The van der Waals surface area contributed by atoms with E-state index in [2.05, 4.69) is 28.9 Å². The lowest BCUT2D eigenvalue weighted by molar-refractivity contribution is 0.0697. The van der Waals surface area contributed by atoms with Crippen LogP contribution in [-0.2, 0) is 0 Å². The number of hydrogen-bond acceptors (Lipinski definition) is 4. The summed E-state index contributed by atoms with van der Waals surface area (Å²) in [6.07, 6.45) is 2.52. The van der Waals surface area contributed by atoms with Crippen molar-refractivity contribution >= 4 is 11.7 Å². The van der Waals surface area contributed by atoms with Crippen LogP contribution in [0.3, 0.4) is 0 Å². The third-order valence-electron chi connectivity index (χ3n) is 3.48. The Labute approximate surface area is 107 Å². The molecule has 2 rings (SSSR count). The predicted molar refractivity (Wildman–Crippen MR) is 70.2 cm³/mol. The summed E-state index contributed by atoms with van der Waals surface area (Å²) in [5, 5.41) is 9.21. The van der Waals surface area contributed by atoms with E-state index in [4.69, 9.17) is 0 Å². The lowest BCUT2D eigenvalue weighted by Gasteiger charge is -2.23. The van der Waals surface area contributed by atoms with Gasteiger partial charge in [0, 0.05) is 31.0 Å². The van der Waals surface area contributed by atoms with Gasteiger partial charge in [-0.2, -0.15) is 0 Å². The van der Waals surface area contributed by atoms with Crippen molar-refractivity contribution in [3.8, 4) is 0 Å². The molecule has 1 unspecified atom stereocenters. The predicted octanol–water partition coefficient (Wildman–Crippen LogP) is 1.23. The average Bonchev–Trinajstić information content (AvgIpc) is 2.77. The number of nitrogens with zero attached hydrogens (tertiary/aromatic N) is 3. The fourth-order valence-electron chi connectivity index (χ4n) is 2.35. The molecule has 98 valence electrons. The lowest BCUT2D eigenvalue weighted by atomic mass is 10.2. The van der Waals surface area contributed by atoms with Crippen LogP contribution in [-0.4, -0.2) is 54.2 Å². The normalized spacial score (nSPS) is 19.6. The van der Waals surface area contributed by atoms with Crippen molar-refractivity contribution in [2.24, 2.45) is 0 Å². The first-order valence-electron chi connectivity index (χ1n) is 6.10. The molecular formula is C13H19N3O2. The van der Waals surface area contributed by atoms with E-state index < -0.39 is 5.97 Å². The highest BCUT2D eigenvalue weighted by atomic mass is 16.4. The zero-order chi connectivity index (χ0) is 13.3. The van der Waals surface area contributed by atoms with Gasteiger partial charge in [-0.3, -0.25) is 4.98 Å². The number of aromatic nitrogens is 1. The molecule has 5 nitrogen and oxygen atoms in total. The van der Waals surface area contributed by atoms with E-state index in [-0.39, 0.29) is 0 Å². The molecule has 18 heavy (non-hydrogen) atoms. The fourth-order valence-corrected chi connectivity index (χ4v) is 2.35. The molecule has 1 N–H and O–H groups in total. The van der Waals surface area contributed by atoms with Gasteiger partial charge >= 0.3 is 5.97 Å². The molecule has 1 aromatic rings. The molecule has 1 aliphatic rings. The van der Waals surface area contributed by atoms with Crippen LogP contribution in [0, 0.1) is 6.92 Å². The Bertz CT molecular complexity index is 460. The van der Waals surface area contributed by atoms with Crippen LogP contribution in [0.15, 0.2) is 12.3 Å². The van der Waals surface area contributed by atoms with Gasteiger partial charge in [-0.05, 0) is 33.5 Å². The molecule has 0 radical (unpaired) electrons. The maximum absolute atomic E-state index is 11.2. The Morgan fingerprint density at radius 1 is 1.56 bits per heavy atom. The minimum atomic E-state index is -0.911. The van der Waals surface area contributed by atoms with Gasteiger partial charge in [-0.25, -0.2) is 4.79 Å². The summed E-state index contributed by atoms with van der Waals surface area (Å²) in [5.74, 6) is -0.911. The van der Waals surface area contributed by atoms with Crippen molar-refractivity contribution in [1.29, 1.82) is 0 Å². The van der Waals surface area contributed by atoms with Gasteiger partial charge < -0.3 is 14.9 Å². The molecule has 1 fully saturated rings. The summed E-state index contributed by atoms with van der Waals surface area (Å²) in [6.45, 7) is 3.65. The maximum Gasteiger partial charge on any atom is 0.339 e. The highest BCUT2D eigenvalue weighted by Crippen LogP contribution is 2.26. The molecule has 0 bridgehead atoms. The molecular weight excluding hydrogens is 230 g/mol. The monoisotopic (exact) mass is 249 g/mol. The van der Waals surface area contributed by atoms with Gasteiger partial charge in [-0.15, -0.1) is 0 Å². The van der Waals surface area contributed by atoms with E-state index in [0.717, 1.165) is 30.9 Å². The van der Waals surface area contributed by atoms with Gasteiger partial charge in [0.25, 0.3) is 0 Å². The molecule has 1 aliphatic heterocycles. The number of anilines is 1. The molecule has 2 heterocycles. The van der Waals surface area contributed by atoms with Crippen molar-refractivity contribution in [1.82, 2.24) is 9.88 Å². The molecule has 0 amide bonds. The number of aromatic carboxylic acids is 1. The zero-order valence-electron chi connectivity index (χ0n) is 11.1. The van der Waals surface area contributed by atoms with Gasteiger partial charge in [0.2, 0.25) is 0 Å².